The van der Waals surface area contributed by atoms with Crippen molar-refractivity contribution < 1.29 is 27.2 Å². The SMILES string of the molecule is O=C(CC[C@]1(Cc2ccc(F)cc2)CCC(=O)N1)N[C@H](c1ccccn1)C(F)(F)F. The monoisotopic (exact) mass is 423 g/mol. The molecule has 2 heterocycles. The van der Waals surface area contributed by atoms with Crippen LogP contribution in [-0.2, 0) is 16.0 Å². The van der Waals surface area contributed by atoms with Gasteiger partial charge in [-0.25, -0.2) is 4.39 Å². The second-order valence-corrected chi connectivity index (χ2v) is 7.43. The zero-order chi connectivity index (χ0) is 21.8. The van der Waals surface area contributed by atoms with Gasteiger partial charge in [0.15, 0.2) is 6.04 Å². The topological polar surface area (TPSA) is 71.1 Å². The number of benzene rings is 1. The molecule has 9 heteroatoms. The Labute approximate surface area is 170 Å². The maximum Gasteiger partial charge on any atom is 0.414 e. The normalized spacial score (nSPS) is 19.9. The Hall–Kier alpha value is -2.97. The first-order chi connectivity index (χ1) is 14.2. The van der Waals surface area contributed by atoms with Crippen molar-refractivity contribution in [3.63, 3.8) is 0 Å². The molecule has 30 heavy (non-hydrogen) atoms. The summed E-state index contributed by atoms with van der Waals surface area (Å²) in [6.07, 6.45) is -2.45. The van der Waals surface area contributed by atoms with Crippen LogP contribution in [0, 0.1) is 5.82 Å². The number of pyridine rings is 1. The summed E-state index contributed by atoms with van der Waals surface area (Å²) in [5.74, 6) is -1.36. The van der Waals surface area contributed by atoms with Gasteiger partial charge in [0, 0.05) is 24.6 Å². The van der Waals surface area contributed by atoms with E-state index in [0.29, 0.717) is 12.8 Å². The third-order valence-electron chi connectivity index (χ3n) is 5.14. The predicted molar refractivity (Wildman–Crippen MR) is 101 cm³/mol. The average Bonchev–Trinajstić information content (AvgIpc) is 3.07. The Balaban J connectivity index is 1.68. The number of nitrogens with one attached hydrogen (secondary N) is 2. The molecule has 0 saturated carbocycles. The van der Waals surface area contributed by atoms with Gasteiger partial charge in [-0.1, -0.05) is 18.2 Å². The summed E-state index contributed by atoms with van der Waals surface area (Å²) < 4.78 is 53.4. The summed E-state index contributed by atoms with van der Waals surface area (Å²) >= 11 is 0. The first-order valence-electron chi connectivity index (χ1n) is 9.49. The Morgan fingerprint density at radius 2 is 1.93 bits per heavy atom. The minimum Gasteiger partial charge on any atom is -0.350 e. The summed E-state index contributed by atoms with van der Waals surface area (Å²) in [5, 5.41) is 4.86. The lowest BCUT2D eigenvalue weighted by atomic mass is 9.85. The van der Waals surface area contributed by atoms with Crippen molar-refractivity contribution >= 4 is 11.8 Å². The highest BCUT2D eigenvalue weighted by molar-refractivity contribution is 5.80. The molecule has 2 N–H and O–H groups in total. The lowest BCUT2D eigenvalue weighted by molar-refractivity contribution is -0.164. The van der Waals surface area contributed by atoms with E-state index in [1.807, 2.05) is 5.32 Å². The quantitative estimate of drug-likeness (QED) is 0.669. The highest BCUT2D eigenvalue weighted by Gasteiger charge is 2.43. The Kier molecular flexibility index (Phi) is 6.38. The van der Waals surface area contributed by atoms with E-state index in [0.717, 1.165) is 5.56 Å². The van der Waals surface area contributed by atoms with Crippen LogP contribution in [0.15, 0.2) is 48.7 Å². The molecular weight excluding hydrogens is 402 g/mol. The zero-order valence-corrected chi connectivity index (χ0v) is 16.0. The van der Waals surface area contributed by atoms with Crippen LogP contribution in [0.1, 0.15) is 43.0 Å². The Morgan fingerprint density at radius 3 is 2.50 bits per heavy atom. The fourth-order valence-electron chi connectivity index (χ4n) is 3.63. The predicted octanol–water partition coefficient (Wildman–Crippen LogP) is 3.61. The van der Waals surface area contributed by atoms with Crippen LogP contribution in [0.5, 0.6) is 0 Å². The molecule has 1 fully saturated rings. The fraction of sp³-hybridized carbons (Fsp3) is 0.381. The van der Waals surface area contributed by atoms with E-state index >= 15 is 0 Å². The molecule has 0 radical (unpaired) electrons. The number of aromatic nitrogens is 1. The molecule has 2 amide bonds. The number of nitrogens with zero attached hydrogens (tertiary/aromatic N) is 1. The molecule has 1 aliphatic heterocycles. The van der Waals surface area contributed by atoms with Gasteiger partial charge in [-0.3, -0.25) is 14.6 Å². The summed E-state index contributed by atoms with van der Waals surface area (Å²) in [6.45, 7) is 0. The van der Waals surface area contributed by atoms with Crippen molar-refractivity contribution in [2.75, 3.05) is 0 Å². The standard InChI is InChI=1S/C21H21F4N3O2/c22-15-6-4-14(5-7-15)13-20(11-9-18(30)28-20)10-8-17(29)27-19(21(23,24)25)16-3-1-2-12-26-16/h1-7,12,19H,8-11,13H2,(H,27,29)(H,28,30)/t19-,20-/m1/s1. The Morgan fingerprint density at radius 1 is 1.20 bits per heavy atom. The van der Waals surface area contributed by atoms with Gasteiger partial charge in [-0.05, 0) is 49.1 Å². The van der Waals surface area contributed by atoms with Gasteiger partial charge in [0.25, 0.3) is 0 Å². The van der Waals surface area contributed by atoms with Gasteiger partial charge < -0.3 is 10.6 Å². The van der Waals surface area contributed by atoms with Gasteiger partial charge in [-0.15, -0.1) is 0 Å². The van der Waals surface area contributed by atoms with E-state index in [-0.39, 0.29) is 30.9 Å². The van der Waals surface area contributed by atoms with Crippen LogP contribution >= 0.6 is 0 Å². The maximum absolute atomic E-state index is 13.4. The molecule has 0 aliphatic carbocycles. The molecule has 1 saturated heterocycles. The van der Waals surface area contributed by atoms with E-state index in [1.165, 1.54) is 36.5 Å². The minimum atomic E-state index is -4.70. The minimum absolute atomic E-state index is 0.161. The van der Waals surface area contributed by atoms with Gasteiger partial charge in [-0.2, -0.15) is 13.2 Å². The van der Waals surface area contributed by atoms with E-state index in [1.54, 1.807) is 12.1 Å². The van der Waals surface area contributed by atoms with Crippen LogP contribution < -0.4 is 10.6 Å². The second kappa shape index (κ2) is 8.81. The molecule has 160 valence electrons. The van der Waals surface area contributed by atoms with E-state index in [2.05, 4.69) is 10.3 Å². The summed E-state index contributed by atoms with van der Waals surface area (Å²) in [6, 6.07) is 7.66. The number of alkyl halides is 3. The van der Waals surface area contributed by atoms with Crippen molar-refractivity contribution in [3.05, 3.63) is 65.7 Å². The van der Waals surface area contributed by atoms with Crippen LogP contribution in [-0.4, -0.2) is 28.5 Å². The number of amides is 2. The van der Waals surface area contributed by atoms with Gasteiger partial charge >= 0.3 is 6.18 Å². The lowest BCUT2D eigenvalue weighted by Gasteiger charge is -2.30. The molecule has 3 rings (SSSR count). The molecule has 0 spiro atoms. The first kappa shape index (κ1) is 21.7. The third-order valence-corrected chi connectivity index (χ3v) is 5.14. The first-order valence-corrected chi connectivity index (χ1v) is 9.49. The summed E-state index contributed by atoms with van der Waals surface area (Å²) in [7, 11) is 0. The lowest BCUT2D eigenvalue weighted by Crippen LogP contribution is -2.45. The maximum atomic E-state index is 13.4. The molecule has 1 aliphatic rings. The molecule has 1 aromatic carbocycles. The van der Waals surface area contributed by atoms with Crippen molar-refractivity contribution in [1.29, 1.82) is 0 Å². The zero-order valence-electron chi connectivity index (χ0n) is 16.0. The number of hydrogen-bond donors (Lipinski definition) is 2. The molecule has 2 aromatic rings. The van der Waals surface area contributed by atoms with E-state index < -0.39 is 29.5 Å². The largest absolute Gasteiger partial charge is 0.414 e. The summed E-state index contributed by atoms with van der Waals surface area (Å²) in [5.41, 5.74) is -0.292. The van der Waals surface area contributed by atoms with Crippen molar-refractivity contribution in [2.24, 2.45) is 0 Å². The molecule has 5 nitrogen and oxygen atoms in total. The third kappa shape index (κ3) is 5.55. The molecular formula is C21H21F4N3O2. The number of carbonyl (C=O) groups excluding carboxylic acids is 2. The Bertz CT molecular complexity index is 887. The molecule has 1 aromatic heterocycles. The van der Waals surface area contributed by atoms with Crippen LogP contribution in [0.3, 0.4) is 0 Å². The average molecular weight is 423 g/mol. The van der Waals surface area contributed by atoms with E-state index in [4.69, 9.17) is 0 Å². The van der Waals surface area contributed by atoms with Crippen LogP contribution in [0.4, 0.5) is 17.6 Å². The van der Waals surface area contributed by atoms with Gasteiger partial charge in [0.1, 0.15) is 5.82 Å². The second-order valence-electron chi connectivity index (χ2n) is 7.43. The molecule has 0 unspecified atom stereocenters. The van der Waals surface area contributed by atoms with Gasteiger partial charge in [0.2, 0.25) is 11.8 Å². The smallest absolute Gasteiger partial charge is 0.350 e. The van der Waals surface area contributed by atoms with Crippen molar-refractivity contribution in [1.82, 2.24) is 15.6 Å². The van der Waals surface area contributed by atoms with Crippen molar-refractivity contribution in [3.8, 4) is 0 Å². The van der Waals surface area contributed by atoms with Crippen molar-refractivity contribution in [2.45, 2.75) is 49.9 Å². The van der Waals surface area contributed by atoms with Crippen LogP contribution in [0.25, 0.3) is 0 Å². The highest BCUT2D eigenvalue weighted by atomic mass is 19.4. The fourth-order valence-corrected chi connectivity index (χ4v) is 3.63. The van der Waals surface area contributed by atoms with Crippen LogP contribution in [0.2, 0.25) is 0 Å². The number of hydrogen-bond acceptors (Lipinski definition) is 3. The number of rotatable bonds is 7. The molecule has 0 bridgehead atoms. The highest BCUT2D eigenvalue weighted by Crippen LogP contribution is 2.33. The van der Waals surface area contributed by atoms with Gasteiger partial charge in [0.05, 0.1) is 5.69 Å². The van der Waals surface area contributed by atoms with E-state index in [9.17, 15) is 27.2 Å². The number of carbonyl (C=O) groups is 2. The molecule has 2 atom stereocenters. The summed E-state index contributed by atoms with van der Waals surface area (Å²) in [4.78, 5) is 27.9. The number of halogens is 4.